The van der Waals surface area contributed by atoms with Gasteiger partial charge in [0.05, 0.1) is 23.6 Å². The van der Waals surface area contributed by atoms with Gasteiger partial charge in [-0.1, -0.05) is 47.6 Å². The molecule has 0 aliphatic carbocycles. The van der Waals surface area contributed by atoms with Gasteiger partial charge in [-0.05, 0) is 42.7 Å². The molecule has 5 rings (SSSR count). The van der Waals surface area contributed by atoms with Crippen LogP contribution in [0.15, 0.2) is 77.4 Å². The molecule has 3 heterocycles. The summed E-state index contributed by atoms with van der Waals surface area (Å²) < 4.78 is 42.6. The van der Waals surface area contributed by atoms with Gasteiger partial charge in [0.25, 0.3) is 0 Å². The Morgan fingerprint density at radius 1 is 1.00 bits per heavy atom. The summed E-state index contributed by atoms with van der Waals surface area (Å²) in [7, 11) is 0. The molecular weight excluding hydrogens is 459 g/mol. The third kappa shape index (κ3) is 4.86. The van der Waals surface area contributed by atoms with Gasteiger partial charge in [-0.15, -0.1) is 0 Å². The van der Waals surface area contributed by atoms with Crippen LogP contribution in [0.4, 0.5) is 24.5 Å². The number of fused-ring (bicyclic) bond motifs is 1. The zero-order chi connectivity index (χ0) is 24.4. The average molecular weight is 479 g/mol. The molecule has 7 nitrogen and oxygen atoms in total. The van der Waals surface area contributed by atoms with E-state index in [1.165, 1.54) is 6.20 Å². The topological polar surface area (TPSA) is 84.2 Å². The normalized spacial score (nSPS) is 15.6. The van der Waals surface area contributed by atoms with Crippen LogP contribution >= 0.6 is 0 Å². The smallest absolute Gasteiger partial charge is 0.352 e. The maximum atomic E-state index is 13.0. The van der Waals surface area contributed by atoms with E-state index in [1.54, 1.807) is 12.1 Å². The fraction of sp³-hybridized carbons (Fsp3) is 0.200. The molecule has 0 spiro atoms. The molecule has 35 heavy (non-hydrogen) atoms. The largest absolute Gasteiger partial charge is 0.471 e. The summed E-state index contributed by atoms with van der Waals surface area (Å²) >= 11 is 0. The van der Waals surface area contributed by atoms with Crippen LogP contribution in [0.5, 0.6) is 0 Å². The fourth-order valence-corrected chi connectivity index (χ4v) is 4.07. The molecule has 2 aromatic carbocycles. The van der Waals surface area contributed by atoms with Gasteiger partial charge >= 0.3 is 12.1 Å². The van der Waals surface area contributed by atoms with Gasteiger partial charge in [-0.25, -0.2) is 0 Å². The summed E-state index contributed by atoms with van der Waals surface area (Å²) in [6.45, 7) is 0.338. The van der Waals surface area contributed by atoms with E-state index in [9.17, 15) is 18.0 Å². The van der Waals surface area contributed by atoms with Crippen LogP contribution in [-0.2, 0) is 23.9 Å². The molecule has 10 heteroatoms. The van der Waals surface area contributed by atoms with Gasteiger partial charge in [0.15, 0.2) is 0 Å². The van der Waals surface area contributed by atoms with Crippen molar-refractivity contribution in [2.24, 2.45) is 0 Å². The van der Waals surface area contributed by atoms with Crippen molar-refractivity contribution in [1.29, 1.82) is 0 Å². The van der Waals surface area contributed by atoms with Crippen LogP contribution < -0.4 is 10.2 Å². The first-order valence-electron chi connectivity index (χ1n) is 10.9. The summed E-state index contributed by atoms with van der Waals surface area (Å²) in [4.78, 5) is 22.8. The Morgan fingerprint density at radius 3 is 2.49 bits per heavy atom. The Hall–Kier alpha value is -4.21. The van der Waals surface area contributed by atoms with Gasteiger partial charge in [0.2, 0.25) is 11.7 Å². The van der Waals surface area contributed by atoms with E-state index >= 15 is 0 Å². The minimum atomic E-state index is -4.71. The summed E-state index contributed by atoms with van der Waals surface area (Å²) in [5.41, 5.74) is 3.67. The molecular formula is C25H20F3N5O2. The number of amides is 1. The zero-order valence-electron chi connectivity index (χ0n) is 18.4. The number of pyridine rings is 1. The standard InChI is InChI=1S/C25H20F3N5O2/c26-25(27,28)24-31-22(32-35-24)17-11-12-18(29-14-17)15-33-20-9-5-4-8-19(20)30-23(34)21(33)13-10-16-6-2-1-3-7-16/h1-9,11-12,14,21H,10,13,15H2,(H,30,34). The molecule has 0 radical (unpaired) electrons. The second-order valence-corrected chi connectivity index (χ2v) is 8.13. The minimum Gasteiger partial charge on any atom is -0.352 e. The number of halogens is 3. The highest BCUT2D eigenvalue weighted by Gasteiger charge is 2.38. The minimum absolute atomic E-state index is 0.0947. The Bertz CT molecular complexity index is 1320. The molecule has 1 unspecified atom stereocenters. The maximum absolute atomic E-state index is 13.0. The molecule has 4 aromatic rings. The lowest BCUT2D eigenvalue weighted by atomic mass is 9.99. The van der Waals surface area contributed by atoms with Gasteiger partial charge in [0.1, 0.15) is 6.04 Å². The Morgan fingerprint density at radius 2 is 1.77 bits per heavy atom. The van der Waals surface area contributed by atoms with Gasteiger partial charge in [-0.3, -0.25) is 9.78 Å². The highest BCUT2D eigenvalue weighted by molar-refractivity contribution is 6.03. The SMILES string of the molecule is O=C1Nc2ccccc2N(Cc2ccc(-c3noc(C(F)(F)F)n3)cn2)C1CCc1ccccc1. The number of para-hydroxylation sites is 2. The van der Waals surface area contributed by atoms with E-state index in [1.807, 2.05) is 59.5 Å². The number of nitrogens with zero attached hydrogens (tertiary/aromatic N) is 4. The van der Waals surface area contributed by atoms with Gasteiger partial charge < -0.3 is 14.7 Å². The van der Waals surface area contributed by atoms with Crippen LogP contribution in [0.25, 0.3) is 11.4 Å². The van der Waals surface area contributed by atoms with Crippen molar-refractivity contribution >= 4 is 17.3 Å². The number of aromatic nitrogens is 3. The lowest BCUT2D eigenvalue weighted by Gasteiger charge is -2.38. The lowest BCUT2D eigenvalue weighted by Crippen LogP contribution is -2.48. The maximum Gasteiger partial charge on any atom is 0.471 e. The zero-order valence-corrected chi connectivity index (χ0v) is 18.4. The molecule has 0 fully saturated rings. The third-order valence-electron chi connectivity index (χ3n) is 5.78. The third-order valence-corrected chi connectivity index (χ3v) is 5.78. The van der Waals surface area contributed by atoms with Crippen molar-refractivity contribution in [1.82, 2.24) is 15.1 Å². The fourth-order valence-electron chi connectivity index (χ4n) is 4.07. The van der Waals surface area contributed by atoms with Crippen LogP contribution in [0.2, 0.25) is 0 Å². The number of benzene rings is 2. The van der Waals surface area contributed by atoms with E-state index in [0.717, 1.165) is 23.4 Å². The predicted octanol–water partition coefficient (Wildman–Crippen LogP) is 5.11. The highest BCUT2D eigenvalue weighted by atomic mass is 19.4. The van der Waals surface area contributed by atoms with Crippen LogP contribution in [-0.4, -0.2) is 27.1 Å². The van der Waals surface area contributed by atoms with Crippen molar-refractivity contribution in [3.05, 3.63) is 90.1 Å². The summed E-state index contributed by atoms with van der Waals surface area (Å²) in [6.07, 6.45) is -1.99. The van der Waals surface area contributed by atoms with Crippen LogP contribution in [0.3, 0.4) is 0 Å². The summed E-state index contributed by atoms with van der Waals surface area (Å²) in [5.74, 6) is -1.70. The molecule has 1 amide bonds. The van der Waals surface area contributed by atoms with Crippen LogP contribution in [0.1, 0.15) is 23.6 Å². The second kappa shape index (κ2) is 9.21. The van der Waals surface area contributed by atoms with Crippen molar-refractivity contribution < 1.29 is 22.5 Å². The molecule has 0 bridgehead atoms. The number of alkyl halides is 3. The summed E-state index contributed by atoms with van der Waals surface area (Å²) in [6, 6.07) is 20.3. The Labute approximate surface area is 198 Å². The molecule has 1 N–H and O–H groups in total. The molecule has 178 valence electrons. The van der Waals surface area contributed by atoms with Crippen LogP contribution in [0, 0.1) is 0 Å². The van der Waals surface area contributed by atoms with Crippen molar-refractivity contribution in [3.63, 3.8) is 0 Å². The molecule has 1 aliphatic rings. The van der Waals surface area contributed by atoms with E-state index in [2.05, 4.69) is 25.0 Å². The quantitative estimate of drug-likeness (QED) is 0.414. The highest BCUT2D eigenvalue weighted by Crippen LogP contribution is 2.34. The number of nitrogens with one attached hydrogen (secondary N) is 1. The second-order valence-electron chi connectivity index (χ2n) is 8.13. The Balaban J connectivity index is 1.38. The number of carbonyl (C=O) groups is 1. The van der Waals surface area contributed by atoms with E-state index in [0.29, 0.717) is 24.2 Å². The number of hydrogen-bond donors (Lipinski definition) is 1. The van der Waals surface area contributed by atoms with E-state index in [-0.39, 0.29) is 11.7 Å². The number of hydrogen-bond acceptors (Lipinski definition) is 6. The average Bonchev–Trinajstić information content (AvgIpc) is 3.36. The number of aryl methyl sites for hydroxylation is 1. The van der Waals surface area contributed by atoms with E-state index < -0.39 is 18.1 Å². The molecule has 2 aromatic heterocycles. The summed E-state index contributed by atoms with van der Waals surface area (Å²) in [5, 5.41) is 6.38. The van der Waals surface area contributed by atoms with Crippen molar-refractivity contribution in [2.75, 3.05) is 10.2 Å². The van der Waals surface area contributed by atoms with Crippen molar-refractivity contribution in [2.45, 2.75) is 31.6 Å². The molecule has 0 saturated carbocycles. The lowest BCUT2D eigenvalue weighted by molar-refractivity contribution is -0.159. The molecule has 0 saturated heterocycles. The number of rotatable bonds is 6. The molecule has 1 atom stereocenters. The first-order valence-corrected chi connectivity index (χ1v) is 10.9. The first kappa shape index (κ1) is 22.6. The van der Waals surface area contributed by atoms with E-state index in [4.69, 9.17) is 0 Å². The Kier molecular flexibility index (Phi) is 5.94. The number of anilines is 2. The monoisotopic (exact) mass is 479 g/mol. The first-order chi connectivity index (χ1) is 16.9. The molecule has 1 aliphatic heterocycles. The predicted molar refractivity (Wildman–Crippen MR) is 122 cm³/mol. The van der Waals surface area contributed by atoms with Gasteiger partial charge in [0, 0.05) is 11.8 Å². The number of carbonyl (C=O) groups excluding carboxylic acids is 1. The van der Waals surface area contributed by atoms with Gasteiger partial charge in [-0.2, -0.15) is 18.2 Å². The van der Waals surface area contributed by atoms with Crippen molar-refractivity contribution in [3.8, 4) is 11.4 Å².